The van der Waals surface area contributed by atoms with Gasteiger partial charge in [-0.1, -0.05) is 18.0 Å². The number of sulfonamides is 1. The number of thiophene rings is 1. The van der Waals surface area contributed by atoms with Crippen molar-refractivity contribution in [3.05, 3.63) is 45.1 Å². The molecule has 1 fully saturated rings. The average Bonchev–Trinajstić information content (AvgIpc) is 3.14. The third-order valence-corrected chi connectivity index (χ3v) is 7.61. The van der Waals surface area contributed by atoms with Crippen molar-refractivity contribution in [2.75, 3.05) is 18.4 Å². The SMILES string of the molecule is O=C(Nc1ccc(Cl)c(C(F)(F)F)c1)c1sccc1S(=O)(=O)N1CCCCC1. The molecular formula is C17H16ClF3N2O3S2. The van der Waals surface area contributed by atoms with Crippen LogP contribution < -0.4 is 5.32 Å². The summed E-state index contributed by atoms with van der Waals surface area (Å²) in [5, 5.41) is 3.31. The molecular weight excluding hydrogens is 437 g/mol. The van der Waals surface area contributed by atoms with E-state index in [0.29, 0.717) is 19.2 Å². The summed E-state index contributed by atoms with van der Waals surface area (Å²) in [7, 11) is -3.84. The van der Waals surface area contributed by atoms with Crippen LogP contribution in [0.5, 0.6) is 0 Å². The molecule has 0 saturated carbocycles. The molecule has 0 spiro atoms. The van der Waals surface area contributed by atoms with E-state index < -0.39 is 32.7 Å². The Bertz CT molecular complexity index is 984. The van der Waals surface area contributed by atoms with Gasteiger partial charge in [0.05, 0.1) is 10.6 Å². The van der Waals surface area contributed by atoms with Crippen molar-refractivity contribution >= 4 is 44.6 Å². The molecule has 152 valence electrons. The minimum atomic E-state index is -4.68. The van der Waals surface area contributed by atoms with Crippen LogP contribution >= 0.6 is 22.9 Å². The molecule has 5 nitrogen and oxygen atoms in total. The van der Waals surface area contributed by atoms with Crippen LogP contribution in [0.15, 0.2) is 34.5 Å². The number of hydrogen-bond acceptors (Lipinski definition) is 4. The molecule has 2 heterocycles. The van der Waals surface area contributed by atoms with Gasteiger partial charge < -0.3 is 5.32 Å². The summed E-state index contributed by atoms with van der Waals surface area (Å²) in [6, 6.07) is 4.31. The largest absolute Gasteiger partial charge is 0.417 e. The summed E-state index contributed by atoms with van der Waals surface area (Å²) in [5.41, 5.74) is -1.21. The first-order chi connectivity index (χ1) is 13.1. The van der Waals surface area contributed by atoms with Crippen molar-refractivity contribution in [1.82, 2.24) is 4.31 Å². The van der Waals surface area contributed by atoms with Gasteiger partial charge in [-0.15, -0.1) is 11.3 Å². The Morgan fingerprint density at radius 2 is 1.82 bits per heavy atom. The molecule has 1 aliphatic heterocycles. The van der Waals surface area contributed by atoms with Crippen molar-refractivity contribution < 1.29 is 26.4 Å². The van der Waals surface area contributed by atoms with Crippen LogP contribution in [-0.2, 0) is 16.2 Å². The molecule has 28 heavy (non-hydrogen) atoms. The third kappa shape index (κ3) is 4.35. The zero-order valence-corrected chi connectivity index (χ0v) is 16.8. The highest BCUT2D eigenvalue weighted by Gasteiger charge is 2.34. The van der Waals surface area contributed by atoms with Gasteiger partial charge in [0.1, 0.15) is 9.77 Å². The maximum absolute atomic E-state index is 13.0. The van der Waals surface area contributed by atoms with Gasteiger partial charge in [0.25, 0.3) is 5.91 Å². The van der Waals surface area contributed by atoms with Gasteiger partial charge in [-0.05, 0) is 42.5 Å². The van der Waals surface area contributed by atoms with Gasteiger partial charge in [-0.3, -0.25) is 4.79 Å². The molecule has 0 atom stereocenters. The highest BCUT2D eigenvalue weighted by Crippen LogP contribution is 2.36. The van der Waals surface area contributed by atoms with Crippen LogP contribution in [0.3, 0.4) is 0 Å². The van der Waals surface area contributed by atoms with E-state index in [-0.39, 0.29) is 15.5 Å². The van der Waals surface area contributed by atoms with E-state index in [2.05, 4.69) is 5.32 Å². The maximum Gasteiger partial charge on any atom is 0.417 e. The van der Waals surface area contributed by atoms with E-state index in [9.17, 15) is 26.4 Å². The van der Waals surface area contributed by atoms with E-state index in [1.54, 1.807) is 0 Å². The van der Waals surface area contributed by atoms with Crippen LogP contribution in [0.25, 0.3) is 0 Å². The van der Waals surface area contributed by atoms with Crippen LogP contribution in [0.4, 0.5) is 18.9 Å². The van der Waals surface area contributed by atoms with Gasteiger partial charge in [0.2, 0.25) is 10.0 Å². The van der Waals surface area contributed by atoms with E-state index in [0.717, 1.165) is 36.7 Å². The number of anilines is 1. The Kier molecular flexibility index (Phi) is 6.04. The van der Waals surface area contributed by atoms with Crippen molar-refractivity contribution in [3.8, 4) is 0 Å². The van der Waals surface area contributed by atoms with Gasteiger partial charge in [-0.25, -0.2) is 8.42 Å². The number of alkyl halides is 3. The van der Waals surface area contributed by atoms with Crippen molar-refractivity contribution in [1.29, 1.82) is 0 Å². The number of nitrogens with one attached hydrogen (secondary N) is 1. The Labute approximate surface area is 169 Å². The molecule has 1 aromatic heterocycles. The number of nitrogens with zero attached hydrogens (tertiary/aromatic N) is 1. The second-order valence-corrected chi connectivity index (χ2v) is 9.45. The summed E-state index contributed by atoms with van der Waals surface area (Å²) < 4.78 is 66.0. The topological polar surface area (TPSA) is 66.5 Å². The van der Waals surface area contributed by atoms with E-state index in [1.807, 2.05) is 0 Å². The predicted molar refractivity (Wildman–Crippen MR) is 101 cm³/mol. The fraction of sp³-hybridized carbons (Fsp3) is 0.353. The lowest BCUT2D eigenvalue weighted by atomic mass is 10.2. The summed E-state index contributed by atoms with van der Waals surface area (Å²) >= 11 is 6.49. The molecule has 1 amide bonds. The third-order valence-electron chi connectivity index (χ3n) is 4.30. The van der Waals surface area contributed by atoms with E-state index in [4.69, 9.17) is 11.6 Å². The zero-order valence-electron chi connectivity index (χ0n) is 14.4. The highest BCUT2D eigenvalue weighted by atomic mass is 35.5. The lowest BCUT2D eigenvalue weighted by Gasteiger charge is -2.25. The summed E-state index contributed by atoms with van der Waals surface area (Å²) in [6.07, 6.45) is -2.24. The van der Waals surface area contributed by atoms with Gasteiger partial charge in [0, 0.05) is 18.8 Å². The molecule has 0 unspecified atom stereocenters. The number of amides is 1. The molecule has 1 saturated heterocycles. The Balaban J connectivity index is 1.87. The lowest BCUT2D eigenvalue weighted by molar-refractivity contribution is -0.137. The number of hydrogen-bond donors (Lipinski definition) is 1. The standard InChI is InChI=1S/C17H16ClF3N2O3S2/c18-13-5-4-11(10-12(13)17(19,20)21)22-16(24)15-14(6-9-27-15)28(25,26)23-7-2-1-3-8-23/h4-6,9-10H,1-3,7-8H2,(H,22,24). The fourth-order valence-corrected chi connectivity index (χ4v) is 5.96. The van der Waals surface area contributed by atoms with Crippen LogP contribution in [0, 0.1) is 0 Å². The second-order valence-electron chi connectivity index (χ2n) is 6.23. The fourth-order valence-electron chi connectivity index (χ4n) is 2.92. The number of halogens is 4. The van der Waals surface area contributed by atoms with Gasteiger partial charge in [0.15, 0.2) is 0 Å². The van der Waals surface area contributed by atoms with E-state index >= 15 is 0 Å². The summed E-state index contributed by atoms with van der Waals surface area (Å²) in [5.74, 6) is -0.791. The number of carbonyl (C=O) groups excluding carboxylic acids is 1. The summed E-state index contributed by atoms with van der Waals surface area (Å²) in [6.45, 7) is 0.761. The lowest BCUT2D eigenvalue weighted by Crippen LogP contribution is -2.36. The molecule has 0 aliphatic carbocycles. The smallest absolute Gasteiger partial charge is 0.321 e. The second kappa shape index (κ2) is 8.02. The molecule has 0 bridgehead atoms. The molecule has 2 aromatic rings. The van der Waals surface area contributed by atoms with Gasteiger partial charge in [-0.2, -0.15) is 17.5 Å². The van der Waals surface area contributed by atoms with Crippen molar-refractivity contribution in [2.45, 2.75) is 30.3 Å². The Morgan fingerprint density at radius 3 is 2.46 bits per heavy atom. The monoisotopic (exact) mass is 452 g/mol. The molecule has 1 aromatic carbocycles. The van der Waals surface area contributed by atoms with Gasteiger partial charge >= 0.3 is 6.18 Å². The quantitative estimate of drug-likeness (QED) is 0.721. The first kappa shape index (κ1) is 21.1. The predicted octanol–water partition coefficient (Wildman–Crippen LogP) is 4.85. The average molecular weight is 453 g/mol. The molecule has 11 heteroatoms. The van der Waals surface area contributed by atoms with Crippen LogP contribution in [0.2, 0.25) is 5.02 Å². The first-order valence-corrected chi connectivity index (χ1v) is 11.1. The highest BCUT2D eigenvalue weighted by molar-refractivity contribution is 7.89. The first-order valence-electron chi connectivity index (χ1n) is 8.36. The summed E-state index contributed by atoms with van der Waals surface area (Å²) in [4.78, 5) is 12.4. The maximum atomic E-state index is 13.0. The van der Waals surface area contributed by atoms with Crippen molar-refractivity contribution in [3.63, 3.8) is 0 Å². The van der Waals surface area contributed by atoms with Crippen LogP contribution in [-0.4, -0.2) is 31.7 Å². The number of piperidine rings is 1. The molecule has 1 N–H and O–H groups in total. The molecule has 1 aliphatic rings. The normalized spacial score (nSPS) is 16.1. The zero-order chi connectivity index (χ0) is 20.5. The minimum absolute atomic E-state index is 0.0749. The number of benzene rings is 1. The van der Waals surface area contributed by atoms with Crippen LogP contribution in [0.1, 0.15) is 34.5 Å². The molecule has 0 radical (unpaired) electrons. The Hall–Kier alpha value is -1.62. The number of rotatable bonds is 4. The molecule has 3 rings (SSSR count). The number of carbonyl (C=O) groups is 1. The van der Waals surface area contributed by atoms with Crippen molar-refractivity contribution in [2.24, 2.45) is 0 Å². The minimum Gasteiger partial charge on any atom is -0.321 e. The Morgan fingerprint density at radius 1 is 1.14 bits per heavy atom. The van der Waals surface area contributed by atoms with E-state index in [1.165, 1.54) is 21.8 Å².